The van der Waals surface area contributed by atoms with Crippen molar-refractivity contribution in [2.24, 2.45) is 0 Å². The van der Waals surface area contributed by atoms with Gasteiger partial charge in [-0.1, -0.05) is 6.42 Å². The summed E-state index contributed by atoms with van der Waals surface area (Å²) in [6.45, 7) is 3.50. The van der Waals surface area contributed by atoms with Crippen LogP contribution in [0.3, 0.4) is 0 Å². The number of likely N-dealkylation sites (tertiary alicyclic amines) is 1. The van der Waals surface area contributed by atoms with E-state index in [0.717, 1.165) is 19.6 Å². The molecule has 0 amide bonds. The van der Waals surface area contributed by atoms with Crippen LogP contribution in [0.25, 0.3) is 0 Å². The molecule has 0 radical (unpaired) electrons. The zero-order chi connectivity index (χ0) is 8.65. The molecule has 1 fully saturated rings. The molecule has 0 aromatic rings. The smallest absolute Gasteiger partial charge is 0.0981 e. The molecule has 1 aliphatic heterocycles. The highest BCUT2D eigenvalue weighted by Gasteiger charge is 2.08. The summed E-state index contributed by atoms with van der Waals surface area (Å²) in [4.78, 5) is 6.77. The van der Waals surface area contributed by atoms with Crippen LogP contribution in [-0.2, 0) is 15.0 Å². The first-order valence-electron chi connectivity index (χ1n) is 4.25. The van der Waals surface area contributed by atoms with Gasteiger partial charge in [0, 0.05) is 6.54 Å². The van der Waals surface area contributed by atoms with E-state index in [1.807, 2.05) is 0 Å². The number of hydrogen-bond acceptors (Lipinski definition) is 5. The summed E-state index contributed by atoms with van der Waals surface area (Å²) in [5.41, 5.74) is 0. The first-order valence-corrected chi connectivity index (χ1v) is 4.25. The van der Waals surface area contributed by atoms with E-state index in [0.29, 0.717) is 6.61 Å². The maximum atomic E-state index is 7.74. The fourth-order valence-electron chi connectivity index (χ4n) is 1.40. The fraction of sp³-hybridized carbons (Fsp3) is 1.00. The lowest BCUT2D eigenvalue weighted by Crippen LogP contribution is -2.32. The van der Waals surface area contributed by atoms with Crippen molar-refractivity contribution in [1.29, 1.82) is 0 Å². The van der Waals surface area contributed by atoms with Gasteiger partial charge in [-0.3, -0.25) is 0 Å². The Bertz CT molecular complexity index is 106. The summed E-state index contributed by atoms with van der Waals surface area (Å²) in [6.07, 6.45) is 3.85. The molecule has 1 aliphatic rings. The minimum atomic E-state index is 0.417. The van der Waals surface area contributed by atoms with Gasteiger partial charge < -0.3 is 4.90 Å². The Hall–Kier alpha value is -0.200. The van der Waals surface area contributed by atoms with Gasteiger partial charge in [-0.25, -0.2) is 10.1 Å². The number of rotatable bonds is 5. The highest BCUT2D eigenvalue weighted by Crippen LogP contribution is 2.07. The maximum Gasteiger partial charge on any atom is 0.0981 e. The Morgan fingerprint density at radius 2 is 1.92 bits per heavy atom. The Balaban J connectivity index is 1.91. The predicted molar refractivity (Wildman–Crippen MR) is 41.0 cm³/mol. The maximum absolute atomic E-state index is 7.74. The molecule has 0 spiro atoms. The van der Waals surface area contributed by atoms with Crippen LogP contribution in [-0.4, -0.2) is 36.4 Å². The van der Waals surface area contributed by atoms with E-state index in [-0.39, 0.29) is 0 Å². The minimum absolute atomic E-state index is 0.417. The zero-order valence-corrected chi connectivity index (χ0v) is 7.07. The van der Waals surface area contributed by atoms with Crippen LogP contribution in [0, 0.1) is 0 Å². The summed E-state index contributed by atoms with van der Waals surface area (Å²) >= 11 is 0. The van der Waals surface area contributed by atoms with Crippen LogP contribution in [0.1, 0.15) is 19.3 Å². The zero-order valence-electron chi connectivity index (χ0n) is 7.07. The molecule has 0 aliphatic carbocycles. The number of piperidine rings is 1. The lowest BCUT2D eigenvalue weighted by molar-refractivity contribution is -0.623. The summed E-state index contributed by atoms with van der Waals surface area (Å²) in [7, 11) is 0. The lowest BCUT2D eigenvalue weighted by Gasteiger charge is -2.25. The molecule has 1 N–H and O–H groups in total. The van der Waals surface area contributed by atoms with Crippen LogP contribution in [0.5, 0.6) is 0 Å². The summed E-state index contributed by atoms with van der Waals surface area (Å²) in [6, 6.07) is 0. The first kappa shape index (κ1) is 9.88. The Kier molecular flexibility index (Phi) is 5.21. The van der Waals surface area contributed by atoms with E-state index in [2.05, 4.69) is 19.9 Å². The van der Waals surface area contributed by atoms with Crippen LogP contribution in [0.15, 0.2) is 0 Å². The van der Waals surface area contributed by atoms with E-state index in [1.54, 1.807) is 0 Å². The van der Waals surface area contributed by atoms with E-state index in [9.17, 15) is 0 Å². The molecule has 0 aromatic carbocycles. The Morgan fingerprint density at radius 3 is 2.58 bits per heavy atom. The second-order valence-electron chi connectivity index (χ2n) is 2.87. The average molecular weight is 177 g/mol. The molecule has 0 aromatic heterocycles. The van der Waals surface area contributed by atoms with Crippen molar-refractivity contribution in [3.8, 4) is 0 Å². The predicted octanol–water partition coefficient (Wildman–Crippen LogP) is 0.825. The van der Waals surface area contributed by atoms with Crippen LogP contribution in [0.4, 0.5) is 0 Å². The molecule has 1 heterocycles. The van der Waals surface area contributed by atoms with Crippen molar-refractivity contribution in [2.75, 3.05) is 26.2 Å². The number of nitrogens with zero attached hydrogens (tertiary/aromatic N) is 1. The van der Waals surface area contributed by atoms with Gasteiger partial charge in [0.25, 0.3) is 0 Å². The van der Waals surface area contributed by atoms with Crippen molar-refractivity contribution in [2.45, 2.75) is 19.3 Å². The van der Waals surface area contributed by atoms with Gasteiger partial charge in [-0.2, -0.15) is 0 Å². The molecular weight excluding hydrogens is 162 g/mol. The van der Waals surface area contributed by atoms with Gasteiger partial charge in [0.1, 0.15) is 0 Å². The normalized spacial score (nSPS) is 19.8. The fourth-order valence-corrected chi connectivity index (χ4v) is 1.40. The van der Waals surface area contributed by atoms with Crippen LogP contribution in [0.2, 0.25) is 0 Å². The van der Waals surface area contributed by atoms with Gasteiger partial charge in [0.2, 0.25) is 0 Å². The SMILES string of the molecule is OOOOCCN1CCCCC1. The van der Waals surface area contributed by atoms with E-state index in [1.165, 1.54) is 19.3 Å². The van der Waals surface area contributed by atoms with Gasteiger partial charge in [0.05, 0.1) is 6.61 Å². The van der Waals surface area contributed by atoms with Crippen molar-refractivity contribution < 1.29 is 20.2 Å². The third kappa shape index (κ3) is 3.99. The standard InChI is InChI=1S/C7H15NO4/c9-11-12-10-7-6-8-4-2-1-3-5-8/h9H,1-7H2. The summed E-state index contributed by atoms with van der Waals surface area (Å²) < 4.78 is 0. The second-order valence-corrected chi connectivity index (χ2v) is 2.87. The highest BCUT2D eigenvalue weighted by molar-refractivity contribution is 4.63. The van der Waals surface area contributed by atoms with E-state index < -0.39 is 0 Å². The second kappa shape index (κ2) is 6.33. The molecule has 1 rings (SSSR count). The number of hydrogen-bond donors (Lipinski definition) is 1. The molecule has 0 unspecified atom stereocenters. The Morgan fingerprint density at radius 1 is 1.17 bits per heavy atom. The average Bonchev–Trinajstić information content (AvgIpc) is 2.14. The molecule has 0 saturated carbocycles. The van der Waals surface area contributed by atoms with Crippen LogP contribution >= 0.6 is 0 Å². The van der Waals surface area contributed by atoms with Gasteiger partial charge >= 0.3 is 0 Å². The first-order chi connectivity index (χ1) is 5.93. The van der Waals surface area contributed by atoms with Gasteiger partial charge in [-0.05, 0) is 36.0 Å². The lowest BCUT2D eigenvalue weighted by atomic mass is 10.1. The largest absolute Gasteiger partial charge is 0.301 e. The van der Waals surface area contributed by atoms with Crippen molar-refractivity contribution in [1.82, 2.24) is 4.90 Å². The minimum Gasteiger partial charge on any atom is -0.301 e. The third-order valence-electron chi connectivity index (χ3n) is 2.02. The molecule has 5 heteroatoms. The van der Waals surface area contributed by atoms with Gasteiger partial charge in [0.15, 0.2) is 0 Å². The quantitative estimate of drug-likeness (QED) is 0.383. The monoisotopic (exact) mass is 177 g/mol. The molecule has 5 nitrogen and oxygen atoms in total. The van der Waals surface area contributed by atoms with Gasteiger partial charge in [-0.15, -0.1) is 0 Å². The summed E-state index contributed by atoms with van der Waals surface area (Å²) in [5, 5.41) is 14.9. The van der Waals surface area contributed by atoms with Crippen molar-refractivity contribution in [3.05, 3.63) is 0 Å². The Labute approximate surface area is 71.6 Å². The molecule has 0 bridgehead atoms. The summed E-state index contributed by atoms with van der Waals surface area (Å²) in [5.74, 6) is 0. The van der Waals surface area contributed by atoms with E-state index in [4.69, 9.17) is 5.26 Å². The molecule has 72 valence electrons. The highest BCUT2D eigenvalue weighted by atomic mass is 17.6. The van der Waals surface area contributed by atoms with Crippen LogP contribution < -0.4 is 0 Å². The van der Waals surface area contributed by atoms with E-state index >= 15 is 0 Å². The van der Waals surface area contributed by atoms with Crippen molar-refractivity contribution in [3.63, 3.8) is 0 Å². The topological polar surface area (TPSA) is 51.2 Å². The molecule has 0 atom stereocenters. The third-order valence-corrected chi connectivity index (χ3v) is 2.02. The molecule has 1 saturated heterocycles. The molecular formula is C7H15NO4. The van der Waals surface area contributed by atoms with Crippen molar-refractivity contribution >= 4 is 0 Å². The molecule has 12 heavy (non-hydrogen) atoms.